The first-order valence-electron chi connectivity index (χ1n) is 5.84. The van der Waals surface area contributed by atoms with Gasteiger partial charge in [0.05, 0.1) is 4.88 Å². The van der Waals surface area contributed by atoms with Crippen molar-refractivity contribution in [3.8, 4) is 0 Å². The lowest BCUT2D eigenvalue weighted by molar-refractivity contribution is 0.0788. The second-order valence-electron chi connectivity index (χ2n) is 4.37. The molecule has 2 rings (SSSR count). The second-order valence-corrected chi connectivity index (χ2v) is 5.63. The predicted octanol–water partition coefficient (Wildman–Crippen LogP) is 3.05. The zero-order valence-corrected chi connectivity index (χ0v) is 11.6. The highest BCUT2D eigenvalue weighted by Gasteiger charge is 2.16. The Balaban J connectivity index is 2.14. The van der Waals surface area contributed by atoms with E-state index in [1.54, 1.807) is 31.3 Å². The number of carbonyl (C=O) groups excluding carboxylic acids is 1. The lowest BCUT2D eigenvalue weighted by Crippen LogP contribution is -2.25. The van der Waals surface area contributed by atoms with Crippen molar-refractivity contribution in [1.29, 1.82) is 0 Å². The van der Waals surface area contributed by atoms with E-state index in [9.17, 15) is 9.18 Å². The maximum atomic E-state index is 13.5. The molecule has 0 bridgehead atoms. The Morgan fingerprint density at radius 1 is 1.42 bits per heavy atom. The minimum Gasteiger partial charge on any atom is -0.398 e. The topological polar surface area (TPSA) is 46.3 Å². The van der Waals surface area contributed by atoms with Gasteiger partial charge in [-0.15, -0.1) is 11.3 Å². The third-order valence-electron chi connectivity index (χ3n) is 2.88. The molecule has 0 saturated carbocycles. The summed E-state index contributed by atoms with van der Waals surface area (Å²) in [6, 6.07) is 8.11. The molecule has 0 aliphatic rings. The van der Waals surface area contributed by atoms with Crippen molar-refractivity contribution in [2.24, 2.45) is 0 Å². The van der Waals surface area contributed by atoms with Crippen LogP contribution in [0.3, 0.4) is 0 Å². The summed E-state index contributed by atoms with van der Waals surface area (Å²) in [6.45, 7) is 2.11. The molecule has 0 saturated heterocycles. The van der Waals surface area contributed by atoms with Crippen LogP contribution in [0.4, 0.5) is 10.1 Å². The van der Waals surface area contributed by atoms with Crippen LogP contribution < -0.4 is 5.73 Å². The maximum Gasteiger partial charge on any atom is 0.264 e. The van der Waals surface area contributed by atoms with Crippen LogP contribution >= 0.6 is 11.3 Å². The van der Waals surface area contributed by atoms with E-state index in [0.717, 1.165) is 4.88 Å². The zero-order chi connectivity index (χ0) is 14.0. The molecule has 2 aromatic rings. The van der Waals surface area contributed by atoms with Gasteiger partial charge in [0, 0.05) is 29.7 Å². The van der Waals surface area contributed by atoms with Gasteiger partial charge in [-0.05, 0) is 19.1 Å². The van der Waals surface area contributed by atoms with Crippen molar-refractivity contribution in [2.45, 2.75) is 13.5 Å². The molecule has 0 aliphatic heterocycles. The summed E-state index contributed by atoms with van der Waals surface area (Å²) in [7, 11) is 1.65. The first kappa shape index (κ1) is 13.5. The van der Waals surface area contributed by atoms with E-state index in [4.69, 9.17) is 5.73 Å². The van der Waals surface area contributed by atoms with Gasteiger partial charge >= 0.3 is 0 Å². The molecule has 3 nitrogen and oxygen atoms in total. The molecule has 2 N–H and O–H groups in total. The number of carbonyl (C=O) groups is 1. The number of thiophene rings is 1. The molecule has 0 atom stereocenters. The van der Waals surface area contributed by atoms with Gasteiger partial charge in [0.1, 0.15) is 5.82 Å². The Morgan fingerprint density at radius 3 is 2.68 bits per heavy atom. The molecular weight excluding hydrogens is 263 g/mol. The third kappa shape index (κ3) is 2.93. The fraction of sp³-hybridized carbons (Fsp3) is 0.214. The molecule has 1 amide bonds. The minimum atomic E-state index is -0.302. The number of benzene rings is 1. The molecule has 1 aromatic carbocycles. The monoisotopic (exact) mass is 278 g/mol. The molecule has 0 spiro atoms. The van der Waals surface area contributed by atoms with Gasteiger partial charge < -0.3 is 10.6 Å². The molecule has 0 fully saturated rings. The van der Waals surface area contributed by atoms with Crippen molar-refractivity contribution in [2.75, 3.05) is 12.8 Å². The van der Waals surface area contributed by atoms with Crippen molar-refractivity contribution < 1.29 is 9.18 Å². The van der Waals surface area contributed by atoms with Crippen LogP contribution in [0.1, 0.15) is 20.1 Å². The van der Waals surface area contributed by atoms with E-state index >= 15 is 0 Å². The average Bonchev–Trinajstić information content (AvgIpc) is 2.71. The zero-order valence-electron chi connectivity index (χ0n) is 10.8. The van der Waals surface area contributed by atoms with Gasteiger partial charge in [-0.25, -0.2) is 4.39 Å². The molecule has 100 valence electrons. The number of hydrogen-bond donors (Lipinski definition) is 1. The number of aryl methyl sites for hydroxylation is 1. The fourth-order valence-corrected chi connectivity index (χ4v) is 2.68. The summed E-state index contributed by atoms with van der Waals surface area (Å²) in [6.07, 6.45) is 0. The fourth-order valence-electron chi connectivity index (χ4n) is 1.74. The quantitative estimate of drug-likeness (QED) is 0.938. The lowest BCUT2D eigenvalue weighted by atomic mass is 10.2. The Morgan fingerprint density at radius 2 is 2.11 bits per heavy atom. The lowest BCUT2D eigenvalue weighted by Gasteiger charge is -2.16. The summed E-state index contributed by atoms with van der Waals surface area (Å²) >= 11 is 1.36. The number of amides is 1. The molecule has 0 radical (unpaired) electrons. The van der Waals surface area contributed by atoms with Crippen LogP contribution in [0.15, 0.2) is 30.3 Å². The highest BCUT2D eigenvalue weighted by atomic mass is 32.1. The molecule has 0 unspecified atom stereocenters. The van der Waals surface area contributed by atoms with Gasteiger partial charge in [0.25, 0.3) is 5.91 Å². The molecular formula is C14H15FN2OS. The number of rotatable bonds is 3. The van der Waals surface area contributed by atoms with E-state index in [1.807, 2.05) is 6.92 Å². The van der Waals surface area contributed by atoms with Gasteiger partial charge in [0.15, 0.2) is 0 Å². The number of nitrogens with zero attached hydrogens (tertiary/aromatic N) is 1. The van der Waals surface area contributed by atoms with Crippen LogP contribution in [-0.2, 0) is 6.54 Å². The third-order valence-corrected chi connectivity index (χ3v) is 3.93. The van der Waals surface area contributed by atoms with Crippen LogP contribution in [0.5, 0.6) is 0 Å². The van der Waals surface area contributed by atoms with Crippen molar-refractivity contribution >= 4 is 22.9 Å². The van der Waals surface area contributed by atoms with Crippen molar-refractivity contribution in [1.82, 2.24) is 4.90 Å². The highest BCUT2D eigenvalue weighted by molar-refractivity contribution is 7.14. The number of anilines is 1. The second kappa shape index (κ2) is 5.40. The molecule has 1 aromatic heterocycles. The van der Waals surface area contributed by atoms with Crippen LogP contribution in [0, 0.1) is 12.7 Å². The molecule has 19 heavy (non-hydrogen) atoms. The van der Waals surface area contributed by atoms with E-state index in [0.29, 0.717) is 16.1 Å². The van der Waals surface area contributed by atoms with Crippen LogP contribution in [0.25, 0.3) is 0 Å². The first-order valence-corrected chi connectivity index (χ1v) is 6.65. The average molecular weight is 278 g/mol. The molecule has 1 heterocycles. The standard InChI is InChI=1S/C14H15FN2OS/c1-9-12(16)7-13(19-9)14(18)17(2)8-10-5-3-4-6-11(10)15/h3-7H,8,16H2,1-2H3. The van der Waals surface area contributed by atoms with Crippen LogP contribution in [0.2, 0.25) is 0 Å². The summed E-state index contributed by atoms with van der Waals surface area (Å²) in [5, 5.41) is 0. The van der Waals surface area contributed by atoms with Crippen molar-refractivity contribution in [3.05, 3.63) is 51.5 Å². The van der Waals surface area contributed by atoms with E-state index in [1.165, 1.54) is 22.3 Å². The summed E-state index contributed by atoms with van der Waals surface area (Å²) in [5.41, 5.74) is 6.85. The number of nitrogen functional groups attached to an aromatic ring is 1. The largest absolute Gasteiger partial charge is 0.398 e. The van der Waals surface area contributed by atoms with Gasteiger partial charge in [-0.1, -0.05) is 18.2 Å². The van der Waals surface area contributed by atoms with Crippen molar-refractivity contribution in [3.63, 3.8) is 0 Å². The molecule has 5 heteroatoms. The Bertz CT molecular complexity index is 590. The summed E-state index contributed by atoms with van der Waals surface area (Å²) < 4.78 is 13.5. The number of nitrogens with two attached hydrogens (primary N) is 1. The van der Waals surface area contributed by atoms with Gasteiger partial charge in [-0.3, -0.25) is 4.79 Å². The van der Waals surface area contributed by atoms with Gasteiger partial charge in [-0.2, -0.15) is 0 Å². The Labute approximate surface area is 115 Å². The summed E-state index contributed by atoms with van der Waals surface area (Å²) in [5.74, 6) is -0.447. The van der Waals surface area contributed by atoms with Gasteiger partial charge in [0.2, 0.25) is 0 Å². The first-order chi connectivity index (χ1) is 8.99. The van der Waals surface area contributed by atoms with E-state index in [-0.39, 0.29) is 18.3 Å². The SMILES string of the molecule is Cc1sc(C(=O)N(C)Cc2ccccc2F)cc1N. The smallest absolute Gasteiger partial charge is 0.264 e. The molecule has 0 aliphatic carbocycles. The normalized spacial score (nSPS) is 10.5. The summed E-state index contributed by atoms with van der Waals surface area (Å²) in [4.78, 5) is 15.2. The minimum absolute atomic E-state index is 0.145. The van der Waals surface area contributed by atoms with E-state index in [2.05, 4.69) is 0 Å². The van der Waals surface area contributed by atoms with Crippen LogP contribution in [-0.4, -0.2) is 17.9 Å². The Hall–Kier alpha value is -1.88. The maximum absolute atomic E-state index is 13.5. The van der Waals surface area contributed by atoms with E-state index < -0.39 is 0 Å². The Kier molecular flexibility index (Phi) is 3.85. The number of hydrogen-bond acceptors (Lipinski definition) is 3. The number of halogens is 1. The predicted molar refractivity (Wildman–Crippen MR) is 75.7 cm³/mol. The highest BCUT2D eigenvalue weighted by Crippen LogP contribution is 2.24.